The van der Waals surface area contributed by atoms with Crippen LogP contribution in [0, 0.1) is 0 Å². The Bertz CT molecular complexity index is 878. The Morgan fingerprint density at radius 2 is 0.919 bits per heavy atom. The molecule has 0 spiro atoms. The Labute approximate surface area is 225 Å². The van der Waals surface area contributed by atoms with Crippen LogP contribution in [0.3, 0.4) is 0 Å². The first kappa shape index (κ1) is 30.7. The summed E-state index contributed by atoms with van der Waals surface area (Å²) in [6, 6.07) is 14.7. The van der Waals surface area contributed by atoms with Crippen molar-refractivity contribution in [2.24, 2.45) is 0 Å². The van der Waals surface area contributed by atoms with Crippen molar-refractivity contribution in [3.63, 3.8) is 0 Å². The summed E-state index contributed by atoms with van der Waals surface area (Å²) in [6.07, 6.45) is 19.1. The van der Waals surface area contributed by atoms with Crippen LogP contribution in [0.25, 0.3) is 0 Å². The molecule has 37 heavy (non-hydrogen) atoms. The SMILES string of the molecule is CCCCCCCCCCCOc1ccc(OCc2ccc(OCCCCCCCC)cc2)c(=O)cc1. The van der Waals surface area contributed by atoms with Gasteiger partial charge in [0, 0.05) is 0 Å². The van der Waals surface area contributed by atoms with Gasteiger partial charge in [-0.1, -0.05) is 109 Å². The van der Waals surface area contributed by atoms with Crippen LogP contribution in [0.1, 0.15) is 116 Å². The molecule has 0 heterocycles. The molecule has 0 aromatic heterocycles. The zero-order valence-electron chi connectivity index (χ0n) is 23.5. The van der Waals surface area contributed by atoms with Crippen LogP contribution in [-0.2, 0) is 6.61 Å². The van der Waals surface area contributed by atoms with Crippen molar-refractivity contribution in [3.8, 4) is 17.2 Å². The van der Waals surface area contributed by atoms with Gasteiger partial charge in [-0.2, -0.15) is 0 Å². The molecule has 2 rings (SSSR count). The minimum Gasteiger partial charge on any atom is -0.494 e. The predicted octanol–water partition coefficient (Wildman–Crippen LogP) is 9.27. The number of rotatable bonds is 22. The molecule has 0 N–H and O–H groups in total. The molecule has 0 atom stereocenters. The summed E-state index contributed by atoms with van der Waals surface area (Å²) in [4.78, 5) is 12.4. The molecule has 0 aliphatic rings. The average Bonchev–Trinajstić information content (AvgIpc) is 3.09. The van der Waals surface area contributed by atoms with Gasteiger partial charge in [0.05, 0.1) is 13.2 Å². The average molecular weight is 511 g/mol. The van der Waals surface area contributed by atoms with E-state index in [0.717, 1.165) is 30.8 Å². The van der Waals surface area contributed by atoms with Crippen LogP contribution in [0.2, 0.25) is 0 Å². The maximum atomic E-state index is 12.4. The first-order valence-electron chi connectivity index (χ1n) is 14.8. The molecule has 0 aliphatic carbocycles. The normalized spacial score (nSPS) is 10.9. The van der Waals surface area contributed by atoms with E-state index in [1.807, 2.05) is 30.3 Å². The third kappa shape index (κ3) is 14.7. The van der Waals surface area contributed by atoms with Gasteiger partial charge in [-0.25, -0.2) is 0 Å². The van der Waals surface area contributed by atoms with E-state index in [9.17, 15) is 4.79 Å². The Morgan fingerprint density at radius 3 is 1.43 bits per heavy atom. The van der Waals surface area contributed by atoms with Crippen LogP contribution in [0.5, 0.6) is 17.2 Å². The first-order valence-corrected chi connectivity index (χ1v) is 14.8. The lowest BCUT2D eigenvalue weighted by Gasteiger charge is -2.08. The van der Waals surface area contributed by atoms with E-state index >= 15 is 0 Å². The van der Waals surface area contributed by atoms with E-state index in [0.29, 0.717) is 24.7 Å². The van der Waals surface area contributed by atoms with Crippen LogP contribution >= 0.6 is 0 Å². The molecular weight excluding hydrogens is 460 g/mol. The third-order valence-electron chi connectivity index (χ3n) is 6.64. The first-order chi connectivity index (χ1) is 18.2. The zero-order chi connectivity index (χ0) is 26.4. The quantitative estimate of drug-likeness (QED) is 0.148. The molecule has 0 amide bonds. The number of benzene rings is 1. The molecule has 0 fully saturated rings. The van der Waals surface area contributed by atoms with Crippen molar-refractivity contribution >= 4 is 0 Å². The molecule has 4 nitrogen and oxygen atoms in total. The fourth-order valence-electron chi connectivity index (χ4n) is 4.27. The molecule has 0 saturated heterocycles. The van der Waals surface area contributed by atoms with Crippen molar-refractivity contribution in [2.45, 2.75) is 117 Å². The lowest BCUT2D eigenvalue weighted by atomic mass is 10.1. The van der Waals surface area contributed by atoms with E-state index < -0.39 is 0 Å². The number of hydrogen-bond donors (Lipinski definition) is 0. The summed E-state index contributed by atoms with van der Waals surface area (Å²) < 4.78 is 17.5. The van der Waals surface area contributed by atoms with Gasteiger partial charge in [0.1, 0.15) is 18.1 Å². The zero-order valence-corrected chi connectivity index (χ0v) is 23.5. The third-order valence-corrected chi connectivity index (χ3v) is 6.64. The van der Waals surface area contributed by atoms with Gasteiger partial charge >= 0.3 is 0 Å². The maximum absolute atomic E-state index is 12.4. The highest BCUT2D eigenvalue weighted by Gasteiger charge is 2.03. The second-order valence-corrected chi connectivity index (χ2v) is 10.0. The minimum atomic E-state index is -0.142. The van der Waals surface area contributed by atoms with Gasteiger partial charge in [0.2, 0.25) is 5.43 Å². The Kier molecular flexibility index (Phi) is 17.1. The van der Waals surface area contributed by atoms with E-state index in [2.05, 4.69) is 13.8 Å². The molecule has 206 valence electrons. The molecule has 0 radical (unpaired) electrons. The van der Waals surface area contributed by atoms with Crippen molar-refractivity contribution in [1.29, 1.82) is 0 Å². The molecule has 0 aliphatic heterocycles. The minimum absolute atomic E-state index is 0.142. The van der Waals surface area contributed by atoms with Crippen molar-refractivity contribution in [2.75, 3.05) is 13.2 Å². The number of ether oxygens (including phenoxy) is 3. The van der Waals surface area contributed by atoms with Gasteiger partial charge in [-0.05, 0) is 54.8 Å². The van der Waals surface area contributed by atoms with Gasteiger partial charge < -0.3 is 14.2 Å². The van der Waals surface area contributed by atoms with E-state index in [-0.39, 0.29) is 5.43 Å². The molecule has 2 aromatic rings. The fraction of sp³-hybridized carbons (Fsp3) is 0.606. The van der Waals surface area contributed by atoms with Crippen LogP contribution in [0.4, 0.5) is 0 Å². The van der Waals surface area contributed by atoms with E-state index in [1.165, 1.54) is 89.5 Å². The lowest BCUT2D eigenvalue weighted by Crippen LogP contribution is -2.04. The van der Waals surface area contributed by atoms with Gasteiger partial charge in [-0.3, -0.25) is 4.79 Å². The van der Waals surface area contributed by atoms with Gasteiger partial charge in [-0.15, -0.1) is 0 Å². The molecular formula is C33H50O4. The van der Waals surface area contributed by atoms with Crippen LogP contribution < -0.4 is 19.6 Å². The highest BCUT2D eigenvalue weighted by molar-refractivity contribution is 5.30. The summed E-state index contributed by atoms with van der Waals surface area (Å²) in [5.74, 6) is 1.92. The monoisotopic (exact) mass is 510 g/mol. The summed E-state index contributed by atoms with van der Waals surface area (Å²) >= 11 is 0. The standard InChI is InChI=1S/C33H50O4/c1-3-5-7-9-11-12-13-15-17-27-36-31-22-24-32(34)33(25-23-31)37-28-29-18-20-30(21-19-29)35-26-16-14-10-8-6-4-2/h18-25H,3-17,26-28H2,1-2H3. The highest BCUT2D eigenvalue weighted by atomic mass is 16.5. The second kappa shape index (κ2) is 20.6. The van der Waals surface area contributed by atoms with Crippen LogP contribution in [0.15, 0.2) is 53.3 Å². The topological polar surface area (TPSA) is 44.8 Å². The predicted molar refractivity (Wildman–Crippen MR) is 155 cm³/mol. The van der Waals surface area contributed by atoms with E-state index in [4.69, 9.17) is 14.2 Å². The smallest absolute Gasteiger partial charge is 0.220 e. The van der Waals surface area contributed by atoms with Gasteiger partial charge in [0.15, 0.2) is 5.75 Å². The van der Waals surface area contributed by atoms with Crippen molar-refractivity contribution < 1.29 is 14.2 Å². The lowest BCUT2D eigenvalue weighted by molar-refractivity contribution is 0.298. The van der Waals surface area contributed by atoms with Crippen LogP contribution in [-0.4, -0.2) is 13.2 Å². The Balaban J connectivity index is 1.64. The summed E-state index contributed by atoms with van der Waals surface area (Å²) in [6.45, 7) is 6.27. The fourth-order valence-corrected chi connectivity index (χ4v) is 4.27. The Morgan fingerprint density at radius 1 is 0.486 bits per heavy atom. The molecule has 0 bridgehead atoms. The summed E-state index contributed by atoms with van der Waals surface area (Å²) in [5, 5.41) is 0. The molecule has 2 aromatic carbocycles. The van der Waals surface area contributed by atoms with Gasteiger partial charge in [0.25, 0.3) is 0 Å². The summed E-state index contributed by atoms with van der Waals surface area (Å²) in [7, 11) is 0. The number of unbranched alkanes of at least 4 members (excludes halogenated alkanes) is 13. The second-order valence-electron chi connectivity index (χ2n) is 10.0. The van der Waals surface area contributed by atoms with Crippen molar-refractivity contribution in [3.05, 3.63) is 64.3 Å². The largest absolute Gasteiger partial charge is 0.494 e. The highest BCUT2D eigenvalue weighted by Crippen LogP contribution is 2.17. The molecule has 0 saturated carbocycles. The molecule has 0 unspecified atom stereocenters. The maximum Gasteiger partial charge on any atom is 0.220 e. The van der Waals surface area contributed by atoms with E-state index in [1.54, 1.807) is 12.1 Å². The molecule has 4 heteroatoms. The number of hydrogen-bond acceptors (Lipinski definition) is 4. The Hall–Kier alpha value is -2.49. The van der Waals surface area contributed by atoms with Crippen molar-refractivity contribution in [1.82, 2.24) is 0 Å². The summed E-state index contributed by atoms with van der Waals surface area (Å²) in [5.41, 5.74) is 0.858.